The van der Waals surface area contributed by atoms with Crippen LogP contribution in [0.4, 0.5) is 5.69 Å². The van der Waals surface area contributed by atoms with Crippen LogP contribution in [-0.2, 0) is 0 Å². The largest absolute Gasteiger partial charge is 0.454 e. The Morgan fingerprint density at radius 1 is 1.43 bits per heavy atom. The van der Waals surface area contributed by atoms with Gasteiger partial charge < -0.3 is 9.47 Å². The van der Waals surface area contributed by atoms with Crippen LogP contribution < -0.4 is 14.9 Å². The molecule has 1 aromatic heterocycles. The number of nitro benzene ring substituents is 1. The molecule has 3 rings (SSSR count). The molecule has 0 bridgehead atoms. The van der Waals surface area contributed by atoms with Crippen molar-refractivity contribution in [1.29, 1.82) is 0 Å². The Bertz CT molecular complexity index is 813. The molecule has 2 heterocycles. The lowest BCUT2D eigenvalue weighted by atomic mass is 10.1. The van der Waals surface area contributed by atoms with Gasteiger partial charge in [0.25, 0.3) is 11.6 Å². The number of nitrogens with one attached hydrogen (secondary N) is 2. The summed E-state index contributed by atoms with van der Waals surface area (Å²) in [6.07, 6.45) is 1.16. The average Bonchev–Trinajstić information content (AvgIpc) is 3.14. The van der Waals surface area contributed by atoms with Crippen molar-refractivity contribution in [3.8, 4) is 11.5 Å². The third-order valence-electron chi connectivity index (χ3n) is 3.03. The fourth-order valence-corrected chi connectivity index (χ4v) is 1.96. The molecule has 23 heavy (non-hydrogen) atoms. The number of aromatic amines is 1. The van der Waals surface area contributed by atoms with Crippen LogP contribution in [0.2, 0.25) is 0 Å². The molecule has 2 N–H and O–H groups in total. The van der Waals surface area contributed by atoms with E-state index in [9.17, 15) is 14.9 Å². The predicted molar refractivity (Wildman–Crippen MR) is 77.6 cm³/mol. The van der Waals surface area contributed by atoms with Crippen LogP contribution in [0, 0.1) is 17.0 Å². The Balaban J connectivity index is 1.79. The first kappa shape index (κ1) is 14.5. The number of nitro groups is 1. The van der Waals surface area contributed by atoms with Gasteiger partial charge in [-0.1, -0.05) is 0 Å². The van der Waals surface area contributed by atoms with E-state index in [2.05, 4.69) is 20.7 Å². The standard InChI is InChI=1S/C13H11N5O5/c1-7-2-9(16-15-7)13(19)17-14-5-8-3-11-12(23-6-22-11)4-10(8)18(20)21/h2-5H,6H2,1H3,(H,15,16)(H,17,19)/b14-5+. The SMILES string of the molecule is Cc1cc(C(=O)N/N=C/c2cc3c(cc2[N+](=O)[O-])OCO3)n[nH]1. The lowest BCUT2D eigenvalue weighted by molar-refractivity contribution is -0.385. The van der Waals surface area contributed by atoms with Crippen LogP contribution >= 0.6 is 0 Å². The second-order valence-electron chi connectivity index (χ2n) is 4.66. The molecular formula is C13H11N5O5. The fourth-order valence-electron chi connectivity index (χ4n) is 1.96. The number of aryl methyl sites for hydroxylation is 1. The number of hydrogen-bond donors (Lipinski definition) is 2. The van der Waals surface area contributed by atoms with Gasteiger partial charge in [-0.15, -0.1) is 0 Å². The summed E-state index contributed by atoms with van der Waals surface area (Å²) in [5.41, 5.74) is 3.11. The van der Waals surface area contributed by atoms with Gasteiger partial charge in [0.15, 0.2) is 17.2 Å². The normalized spacial score (nSPS) is 12.6. The number of hydrazone groups is 1. The Kier molecular flexibility index (Phi) is 3.63. The Hall–Kier alpha value is -3.43. The summed E-state index contributed by atoms with van der Waals surface area (Å²) in [5, 5.41) is 21.2. The predicted octanol–water partition coefficient (Wildman–Crippen LogP) is 1.12. The van der Waals surface area contributed by atoms with Crippen LogP contribution in [0.3, 0.4) is 0 Å². The van der Waals surface area contributed by atoms with E-state index >= 15 is 0 Å². The van der Waals surface area contributed by atoms with Gasteiger partial charge >= 0.3 is 0 Å². The van der Waals surface area contributed by atoms with Gasteiger partial charge in [-0.25, -0.2) is 5.43 Å². The molecular weight excluding hydrogens is 306 g/mol. The van der Waals surface area contributed by atoms with E-state index in [1.165, 1.54) is 12.1 Å². The van der Waals surface area contributed by atoms with E-state index in [4.69, 9.17) is 9.47 Å². The maximum absolute atomic E-state index is 11.8. The molecule has 10 heteroatoms. The van der Waals surface area contributed by atoms with Crippen molar-refractivity contribution in [3.63, 3.8) is 0 Å². The van der Waals surface area contributed by atoms with Crippen molar-refractivity contribution in [2.45, 2.75) is 6.92 Å². The minimum Gasteiger partial charge on any atom is -0.454 e. The van der Waals surface area contributed by atoms with E-state index in [-0.39, 0.29) is 23.7 Å². The number of rotatable bonds is 4. The second-order valence-corrected chi connectivity index (χ2v) is 4.66. The molecule has 0 saturated heterocycles. The molecule has 0 fully saturated rings. The van der Waals surface area contributed by atoms with Crippen molar-refractivity contribution in [2.75, 3.05) is 6.79 Å². The topological polar surface area (TPSA) is 132 Å². The number of hydrogen-bond acceptors (Lipinski definition) is 7. The van der Waals surface area contributed by atoms with Crippen molar-refractivity contribution < 1.29 is 19.2 Å². The first-order valence-corrected chi connectivity index (χ1v) is 6.48. The number of carbonyl (C=O) groups excluding carboxylic acids is 1. The number of aromatic nitrogens is 2. The number of amides is 1. The third-order valence-corrected chi connectivity index (χ3v) is 3.03. The molecule has 0 aliphatic carbocycles. The zero-order chi connectivity index (χ0) is 16.4. The molecule has 1 aliphatic heterocycles. The average molecular weight is 317 g/mol. The van der Waals surface area contributed by atoms with Gasteiger partial charge in [0.2, 0.25) is 6.79 Å². The molecule has 0 saturated carbocycles. The van der Waals surface area contributed by atoms with E-state index in [1.807, 2.05) is 0 Å². The number of nitrogens with zero attached hydrogens (tertiary/aromatic N) is 3. The van der Waals surface area contributed by atoms with Gasteiger partial charge in [-0.05, 0) is 19.1 Å². The zero-order valence-electron chi connectivity index (χ0n) is 11.9. The number of carbonyl (C=O) groups is 1. The maximum Gasteiger partial charge on any atom is 0.291 e. The van der Waals surface area contributed by atoms with Crippen molar-refractivity contribution in [3.05, 3.63) is 45.3 Å². The molecule has 2 aromatic rings. The van der Waals surface area contributed by atoms with E-state index in [0.717, 1.165) is 11.9 Å². The number of H-pyrrole nitrogens is 1. The van der Waals surface area contributed by atoms with E-state index < -0.39 is 10.8 Å². The van der Waals surface area contributed by atoms with Crippen molar-refractivity contribution in [2.24, 2.45) is 5.10 Å². The van der Waals surface area contributed by atoms with Gasteiger partial charge in [0.1, 0.15) is 0 Å². The Morgan fingerprint density at radius 2 is 2.17 bits per heavy atom. The van der Waals surface area contributed by atoms with Crippen LogP contribution in [0.15, 0.2) is 23.3 Å². The minimum atomic E-state index is -0.567. The fraction of sp³-hybridized carbons (Fsp3) is 0.154. The Morgan fingerprint density at radius 3 is 2.83 bits per heavy atom. The van der Waals surface area contributed by atoms with Crippen LogP contribution in [0.25, 0.3) is 0 Å². The summed E-state index contributed by atoms with van der Waals surface area (Å²) in [6.45, 7) is 1.76. The van der Waals surface area contributed by atoms with Crippen molar-refractivity contribution >= 4 is 17.8 Å². The zero-order valence-corrected chi connectivity index (χ0v) is 11.9. The highest BCUT2D eigenvalue weighted by Crippen LogP contribution is 2.37. The van der Waals surface area contributed by atoms with Crippen LogP contribution in [0.5, 0.6) is 11.5 Å². The molecule has 0 radical (unpaired) electrons. The molecule has 1 aliphatic rings. The highest BCUT2D eigenvalue weighted by atomic mass is 16.7. The first-order valence-electron chi connectivity index (χ1n) is 6.48. The quantitative estimate of drug-likeness (QED) is 0.493. The highest BCUT2D eigenvalue weighted by molar-refractivity contribution is 5.94. The van der Waals surface area contributed by atoms with Gasteiger partial charge in [0.05, 0.1) is 22.8 Å². The molecule has 1 amide bonds. The number of fused-ring (bicyclic) bond motifs is 1. The first-order chi connectivity index (χ1) is 11.0. The molecule has 0 unspecified atom stereocenters. The summed E-state index contributed by atoms with van der Waals surface area (Å²) in [4.78, 5) is 22.3. The lowest BCUT2D eigenvalue weighted by Crippen LogP contribution is -2.18. The van der Waals surface area contributed by atoms with Gasteiger partial charge in [-0.3, -0.25) is 20.0 Å². The number of ether oxygens (including phenoxy) is 2. The summed E-state index contributed by atoms with van der Waals surface area (Å²) in [5.74, 6) is 0.144. The van der Waals surface area contributed by atoms with Crippen molar-refractivity contribution in [1.82, 2.24) is 15.6 Å². The second kappa shape index (κ2) is 5.75. The van der Waals surface area contributed by atoms with E-state index in [0.29, 0.717) is 11.5 Å². The third kappa shape index (κ3) is 2.95. The number of benzene rings is 1. The summed E-state index contributed by atoms with van der Waals surface area (Å²) >= 11 is 0. The molecule has 10 nitrogen and oxygen atoms in total. The molecule has 118 valence electrons. The van der Waals surface area contributed by atoms with Gasteiger partial charge in [-0.2, -0.15) is 10.2 Å². The maximum atomic E-state index is 11.8. The van der Waals surface area contributed by atoms with Gasteiger partial charge in [0, 0.05) is 5.69 Å². The van der Waals surface area contributed by atoms with Crippen LogP contribution in [0.1, 0.15) is 21.7 Å². The van der Waals surface area contributed by atoms with E-state index in [1.54, 1.807) is 13.0 Å². The minimum absolute atomic E-state index is 0.00231. The summed E-state index contributed by atoms with van der Waals surface area (Å²) in [7, 11) is 0. The molecule has 0 spiro atoms. The summed E-state index contributed by atoms with van der Waals surface area (Å²) < 4.78 is 10.3. The summed E-state index contributed by atoms with van der Waals surface area (Å²) in [6, 6.07) is 4.23. The Labute approximate surface area is 129 Å². The highest BCUT2D eigenvalue weighted by Gasteiger charge is 2.22. The smallest absolute Gasteiger partial charge is 0.291 e. The molecule has 1 aromatic carbocycles. The monoisotopic (exact) mass is 317 g/mol. The lowest BCUT2D eigenvalue weighted by Gasteiger charge is -2.00. The molecule has 0 atom stereocenters. The van der Waals surface area contributed by atoms with Crippen LogP contribution in [-0.4, -0.2) is 34.0 Å².